The average Bonchev–Trinajstić information content (AvgIpc) is 3.41. The van der Waals surface area contributed by atoms with Gasteiger partial charge in [-0.05, 0) is 48.0 Å². The summed E-state index contributed by atoms with van der Waals surface area (Å²) in [7, 11) is 1.40. The largest absolute Gasteiger partial charge is 0.492 e. The molecule has 0 N–H and O–H groups in total. The number of hydrogen-bond donors (Lipinski definition) is 0. The SMILES string of the molecule is COc1c(OCc2ccc(C#N)cc2)cccc1C1SC(c2ccc(F)cc2)=NN1C(=O)c1c(F)cc(F)cc1F. The van der Waals surface area contributed by atoms with Gasteiger partial charge in [-0.15, -0.1) is 0 Å². The molecular weight excluding hydrogens is 558 g/mol. The number of carbonyl (C=O) groups is 1. The van der Waals surface area contributed by atoms with Crippen molar-refractivity contribution in [2.75, 3.05) is 7.11 Å². The zero-order valence-corrected chi connectivity index (χ0v) is 22.1. The molecule has 1 amide bonds. The Morgan fingerprint density at radius 2 is 1.66 bits per heavy atom. The lowest BCUT2D eigenvalue weighted by molar-refractivity contribution is 0.0737. The van der Waals surface area contributed by atoms with E-state index in [0.29, 0.717) is 34.6 Å². The molecule has 1 atom stereocenters. The number of thioether (sulfide) groups is 1. The molecule has 1 aliphatic heterocycles. The van der Waals surface area contributed by atoms with Crippen LogP contribution in [-0.2, 0) is 6.61 Å². The second-order valence-electron chi connectivity index (χ2n) is 8.75. The fourth-order valence-electron chi connectivity index (χ4n) is 4.15. The molecule has 0 saturated carbocycles. The molecule has 4 aromatic rings. The van der Waals surface area contributed by atoms with Gasteiger partial charge >= 0.3 is 0 Å². The molecule has 206 valence electrons. The lowest BCUT2D eigenvalue weighted by Crippen LogP contribution is -2.28. The average molecular weight is 578 g/mol. The Morgan fingerprint density at radius 1 is 0.976 bits per heavy atom. The van der Waals surface area contributed by atoms with Crippen LogP contribution in [0.5, 0.6) is 11.5 Å². The summed E-state index contributed by atoms with van der Waals surface area (Å²) in [6.45, 7) is 0.134. The first-order chi connectivity index (χ1) is 19.8. The number of benzene rings is 4. The summed E-state index contributed by atoms with van der Waals surface area (Å²) in [6.07, 6.45) is 0. The Labute approximate surface area is 236 Å². The minimum Gasteiger partial charge on any atom is -0.492 e. The maximum absolute atomic E-state index is 14.6. The Balaban J connectivity index is 1.53. The number of carbonyl (C=O) groups excluding carboxylic acids is 1. The first kappa shape index (κ1) is 27.7. The monoisotopic (exact) mass is 577 g/mol. The highest BCUT2D eigenvalue weighted by atomic mass is 32.2. The van der Waals surface area contributed by atoms with Crippen LogP contribution >= 0.6 is 11.8 Å². The van der Waals surface area contributed by atoms with Gasteiger partial charge in [0.25, 0.3) is 5.91 Å². The van der Waals surface area contributed by atoms with E-state index in [2.05, 4.69) is 5.10 Å². The summed E-state index contributed by atoms with van der Waals surface area (Å²) in [5.41, 5.74) is 1.17. The molecular formula is C30H19F4N3O3S. The van der Waals surface area contributed by atoms with Crippen LogP contribution < -0.4 is 9.47 Å². The Bertz CT molecular complexity index is 1670. The molecule has 0 aliphatic carbocycles. The summed E-state index contributed by atoms with van der Waals surface area (Å²) in [5, 5.41) is 13.5. The van der Waals surface area contributed by atoms with E-state index in [1.54, 1.807) is 42.5 Å². The number of rotatable bonds is 7. The van der Waals surface area contributed by atoms with Crippen molar-refractivity contribution in [3.8, 4) is 17.6 Å². The summed E-state index contributed by atoms with van der Waals surface area (Å²) in [5.74, 6) is -5.01. The van der Waals surface area contributed by atoms with Gasteiger partial charge in [-0.1, -0.05) is 36.0 Å². The number of para-hydroxylation sites is 1. The van der Waals surface area contributed by atoms with Crippen molar-refractivity contribution in [2.24, 2.45) is 5.10 Å². The van der Waals surface area contributed by atoms with Crippen LogP contribution in [0.1, 0.15) is 38.0 Å². The van der Waals surface area contributed by atoms with Crippen LogP contribution in [-0.4, -0.2) is 23.1 Å². The van der Waals surface area contributed by atoms with Gasteiger partial charge in [0.15, 0.2) is 11.5 Å². The first-order valence-corrected chi connectivity index (χ1v) is 12.9. The summed E-state index contributed by atoms with van der Waals surface area (Å²) < 4.78 is 68.1. The van der Waals surface area contributed by atoms with Crippen molar-refractivity contribution in [1.29, 1.82) is 5.26 Å². The quantitative estimate of drug-likeness (QED) is 0.222. The van der Waals surface area contributed by atoms with Crippen LogP contribution in [0.2, 0.25) is 0 Å². The van der Waals surface area contributed by atoms with Gasteiger partial charge in [0.2, 0.25) is 0 Å². The summed E-state index contributed by atoms with van der Waals surface area (Å²) >= 11 is 1.07. The third-order valence-corrected chi connectivity index (χ3v) is 7.34. The highest BCUT2D eigenvalue weighted by molar-refractivity contribution is 8.14. The third-order valence-electron chi connectivity index (χ3n) is 6.12. The predicted octanol–water partition coefficient (Wildman–Crippen LogP) is 6.95. The van der Waals surface area contributed by atoms with Crippen LogP contribution in [0.4, 0.5) is 17.6 Å². The van der Waals surface area contributed by atoms with Crippen LogP contribution in [0.25, 0.3) is 0 Å². The van der Waals surface area contributed by atoms with E-state index in [1.165, 1.54) is 31.4 Å². The van der Waals surface area contributed by atoms with Crippen molar-refractivity contribution in [1.82, 2.24) is 5.01 Å². The molecule has 6 nitrogen and oxygen atoms in total. The maximum Gasteiger partial charge on any atom is 0.281 e. The van der Waals surface area contributed by atoms with Crippen LogP contribution in [0.15, 0.2) is 84.0 Å². The second-order valence-corrected chi connectivity index (χ2v) is 9.82. The smallest absolute Gasteiger partial charge is 0.281 e. The molecule has 0 aromatic heterocycles. The number of hydrazone groups is 1. The predicted molar refractivity (Wildman–Crippen MR) is 144 cm³/mol. The Morgan fingerprint density at radius 3 is 2.29 bits per heavy atom. The number of halogens is 4. The van der Waals surface area contributed by atoms with Crippen molar-refractivity contribution in [3.05, 3.63) is 130 Å². The standard InChI is InChI=1S/C30H19F4N3O3S/c1-39-27-22(3-2-4-25(27)40-16-18-7-5-17(15-35)6-8-18)30-37(29(38)26-23(33)13-21(32)14-24(26)34)36-28(41-30)19-9-11-20(31)12-10-19/h2-14,30H,16H2,1H3. The Kier molecular flexibility index (Phi) is 7.94. The third kappa shape index (κ3) is 5.73. The molecule has 5 rings (SSSR count). The highest BCUT2D eigenvalue weighted by Crippen LogP contribution is 2.48. The summed E-state index contributed by atoms with van der Waals surface area (Å²) in [6, 6.07) is 20.0. The van der Waals surface area contributed by atoms with Gasteiger partial charge in [-0.3, -0.25) is 4.79 Å². The molecule has 11 heteroatoms. The van der Waals surface area contributed by atoms with E-state index in [1.807, 2.05) is 6.07 Å². The van der Waals surface area contributed by atoms with Gasteiger partial charge in [0, 0.05) is 23.3 Å². The van der Waals surface area contributed by atoms with Crippen LogP contribution in [0, 0.1) is 34.6 Å². The van der Waals surface area contributed by atoms with Crippen molar-refractivity contribution < 1.29 is 31.8 Å². The van der Waals surface area contributed by atoms with Crippen molar-refractivity contribution in [2.45, 2.75) is 12.0 Å². The zero-order valence-electron chi connectivity index (χ0n) is 21.3. The van der Waals surface area contributed by atoms with Gasteiger partial charge in [0.05, 0.1) is 18.7 Å². The van der Waals surface area contributed by atoms with Crippen molar-refractivity contribution >= 4 is 22.7 Å². The molecule has 0 radical (unpaired) electrons. The van der Waals surface area contributed by atoms with E-state index in [4.69, 9.17) is 14.7 Å². The van der Waals surface area contributed by atoms with Gasteiger partial charge < -0.3 is 9.47 Å². The molecule has 4 aromatic carbocycles. The lowest BCUT2D eigenvalue weighted by atomic mass is 10.1. The van der Waals surface area contributed by atoms with E-state index in [0.717, 1.165) is 22.3 Å². The van der Waals surface area contributed by atoms with E-state index in [-0.39, 0.29) is 17.4 Å². The molecule has 41 heavy (non-hydrogen) atoms. The molecule has 1 aliphatic rings. The fourth-order valence-corrected chi connectivity index (χ4v) is 5.33. The molecule has 1 unspecified atom stereocenters. The fraction of sp³-hybridized carbons (Fsp3) is 0.100. The lowest BCUT2D eigenvalue weighted by Gasteiger charge is -2.24. The number of hydrogen-bond acceptors (Lipinski definition) is 6. The number of nitriles is 1. The van der Waals surface area contributed by atoms with Crippen molar-refractivity contribution in [3.63, 3.8) is 0 Å². The maximum atomic E-state index is 14.6. The summed E-state index contributed by atoms with van der Waals surface area (Å²) in [4.78, 5) is 13.5. The van der Waals surface area contributed by atoms with Gasteiger partial charge in [-0.25, -0.2) is 22.6 Å². The Hall–Kier alpha value is -4.82. The van der Waals surface area contributed by atoms with E-state index in [9.17, 15) is 22.4 Å². The number of nitrogens with zero attached hydrogens (tertiary/aromatic N) is 3. The molecule has 0 spiro atoms. The topological polar surface area (TPSA) is 74.9 Å². The minimum atomic E-state index is -1.38. The number of ether oxygens (including phenoxy) is 2. The van der Waals surface area contributed by atoms with Gasteiger partial charge in [0.1, 0.15) is 45.9 Å². The molecule has 0 fully saturated rings. The number of amides is 1. The van der Waals surface area contributed by atoms with E-state index < -0.39 is 40.1 Å². The number of methoxy groups -OCH3 is 1. The zero-order chi connectivity index (χ0) is 29.1. The van der Waals surface area contributed by atoms with E-state index >= 15 is 0 Å². The second kappa shape index (κ2) is 11.7. The first-order valence-electron chi connectivity index (χ1n) is 12.1. The molecule has 0 bridgehead atoms. The highest BCUT2D eigenvalue weighted by Gasteiger charge is 2.39. The molecule has 0 saturated heterocycles. The molecule has 1 heterocycles. The minimum absolute atomic E-state index is 0.134. The van der Waals surface area contributed by atoms with Gasteiger partial charge in [-0.2, -0.15) is 10.4 Å². The normalized spacial score (nSPS) is 14.4. The van der Waals surface area contributed by atoms with Crippen LogP contribution in [0.3, 0.4) is 0 Å².